The van der Waals surface area contributed by atoms with Crippen LogP contribution >= 0.6 is 15.9 Å². The van der Waals surface area contributed by atoms with E-state index in [-0.39, 0.29) is 27.5 Å². The van der Waals surface area contributed by atoms with Crippen LogP contribution in [0.2, 0.25) is 0 Å². The highest BCUT2D eigenvalue weighted by Crippen LogP contribution is 2.29. The van der Waals surface area contributed by atoms with Gasteiger partial charge in [-0.15, -0.1) is 0 Å². The van der Waals surface area contributed by atoms with E-state index in [1.54, 1.807) is 48.2 Å². The molecule has 4 rings (SSSR count). The Balaban J connectivity index is 1.56. The van der Waals surface area contributed by atoms with Crippen molar-refractivity contribution in [2.45, 2.75) is 63.8 Å². The van der Waals surface area contributed by atoms with Crippen molar-refractivity contribution in [1.29, 1.82) is 0 Å². The second-order valence-corrected chi connectivity index (χ2v) is 13.5. The maximum Gasteiger partial charge on any atom is 0.262 e. The molecule has 3 aromatic carbocycles. The minimum atomic E-state index is -3.99. The molecule has 1 fully saturated rings. The highest BCUT2D eigenvalue weighted by Gasteiger charge is 2.32. The zero-order chi connectivity index (χ0) is 28.5. The van der Waals surface area contributed by atoms with Crippen LogP contribution < -0.4 is 14.9 Å². The summed E-state index contributed by atoms with van der Waals surface area (Å²) in [5.41, 5.74) is 3.35. The third-order valence-corrected chi connectivity index (χ3v) is 9.35. The second kappa shape index (κ2) is 11.1. The average molecular weight is 613 g/mol. The Hall–Kier alpha value is -3.17. The molecule has 0 radical (unpaired) electrons. The van der Waals surface area contributed by atoms with E-state index in [0.29, 0.717) is 18.5 Å². The van der Waals surface area contributed by atoms with E-state index in [2.05, 4.69) is 26.0 Å². The predicted octanol–water partition coefficient (Wildman–Crippen LogP) is 6.09. The van der Waals surface area contributed by atoms with Gasteiger partial charge in [0.25, 0.3) is 15.9 Å². The van der Waals surface area contributed by atoms with Crippen molar-refractivity contribution in [1.82, 2.24) is 5.32 Å². The Bertz CT molecular complexity index is 1530. The van der Waals surface area contributed by atoms with E-state index in [4.69, 9.17) is 0 Å². The van der Waals surface area contributed by atoms with Gasteiger partial charge in [0.2, 0.25) is 5.91 Å². The fraction of sp³-hybridized carbons (Fsp3) is 0.333. The first-order chi connectivity index (χ1) is 18.3. The summed E-state index contributed by atoms with van der Waals surface area (Å²) in [5.74, 6) is -0.704. The fourth-order valence-electron chi connectivity index (χ4n) is 4.62. The molecule has 1 heterocycles. The molecule has 3 aromatic rings. The van der Waals surface area contributed by atoms with Crippen molar-refractivity contribution in [3.8, 4) is 0 Å². The molecular weight excluding hydrogens is 578 g/mol. The summed E-state index contributed by atoms with van der Waals surface area (Å²) in [7, 11) is -3.99. The van der Waals surface area contributed by atoms with E-state index in [1.165, 1.54) is 0 Å². The van der Waals surface area contributed by atoms with Gasteiger partial charge in [0.15, 0.2) is 0 Å². The van der Waals surface area contributed by atoms with Crippen LogP contribution in [0.1, 0.15) is 60.7 Å². The highest BCUT2D eigenvalue weighted by atomic mass is 79.9. The molecule has 9 heteroatoms. The smallest absolute Gasteiger partial charge is 0.262 e. The lowest BCUT2D eigenvalue weighted by atomic mass is 9.87. The van der Waals surface area contributed by atoms with Crippen molar-refractivity contribution < 1.29 is 18.0 Å². The maximum absolute atomic E-state index is 13.5. The molecule has 0 bridgehead atoms. The summed E-state index contributed by atoms with van der Waals surface area (Å²) in [4.78, 5) is 28.5. The Kier molecular flexibility index (Phi) is 8.23. The quantitative estimate of drug-likeness (QED) is 0.352. The molecule has 0 spiro atoms. The topological polar surface area (TPSA) is 95.6 Å². The number of hydrogen-bond acceptors (Lipinski definition) is 4. The monoisotopic (exact) mass is 611 g/mol. The van der Waals surface area contributed by atoms with Crippen molar-refractivity contribution in [3.05, 3.63) is 87.4 Å². The van der Waals surface area contributed by atoms with E-state index in [1.807, 2.05) is 52.0 Å². The standard InChI is InChI=1S/C30H34BrN3O4S/c1-19-12-13-21(30(3,4)5)18-27(19)39(37,38)33-25-10-7-6-9-23(25)28(35)32-26-11-8-16-34(29(26)36)22-14-15-24(31)20(2)17-22/h6-7,9-10,12-15,17-18,26,33H,8,11,16H2,1-5H3,(H,32,35). The number of aryl methyl sites for hydroxylation is 2. The number of rotatable bonds is 6. The first-order valence-corrected chi connectivity index (χ1v) is 15.2. The lowest BCUT2D eigenvalue weighted by Gasteiger charge is -2.33. The van der Waals surface area contributed by atoms with Crippen LogP contribution in [0.3, 0.4) is 0 Å². The molecule has 1 unspecified atom stereocenters. The number of carbonyl (C=O) groups is 2. The summed E-state index contributed by atoms with van der Waals surface area (Å²) in [6.45, 7) is 10.3. The van der Waals surface area contributed by atoms with Gasteiger partial charge in [0.05, 0.1) is 16.1 Å². The minimum absolute atomic E-state index is 0.148. The molecule has 1 atom stereocenters. The zero-order valence-corrected chi connectivity index (χ0v) is 25.2. The van der Waals surface area contributed by atoms with Gasteiger partial charge in [-0.3, -0.25) is 14.3 Å². The van der Waals surface area contributed by atoms with Crippen LogP contribution in [0.5, 0.6) is 0 Å². The number of piperidine rings is 1. The van der Waals surface area contributed by atoms with Gasteiger partial charge in [-0.05, 0) is 85.2 Å². The first-order valence-electron chi connectivity index (χ1n) is 12.9. The van der Waals surface area contributed by atoms with E-state index >= 15 is 0 Å². The summed E-state index contributed by atoms with van der Waals surface area (Å²) in [5, 5.41) is 2.84. The Morgan fingerprint density at radius 3 is 2.41 bits per heavy atom. The largest absolute Gasteiger partial charge is 0.340 e. The summed E-state index contributed by atoms with van der Waals surface area (Å²) in [6.07, 6.45) is 1.23. The summed E-state index contributed by atoms with van der Waals surface area (Å²) in [6, 6.07) is 16.8. The second-order valence-electron chi connectivity index (χ2n) is 11.0. The number of halogens is 1. The zero-order valence-electron chi connectivity index (χ0n) is 22.8. The van der Waals surface area contributed by atoms with Crippen molar-refractivity contribution in [2.75, 3.05) is 16.2 Å². The van der Waals surface area contributed by atoms with Gasteiger partial charge in [-0.2, -0.15) is 0 Å². The SMILES string of the molecule is Cc1cc(N2CCCC(NC(=O)c3ccccc3NS(=O)(=O)c3cc(C(C)(C)C)ccc3C)C2=O)ccc1Br. The van der Waals surface area contributed by atoms with Gasteiger partial charge in [0.1, 0.15) is 6.04 Å². The van der Waals surface area contributed by atoms with Crippen LogP contribution in [-0.4, -0.2) is 32.8 Å². The lowest BCUT2D eigenvalue weighted by Crippen LogP contribution is -2.52. The molecular formula is C30H34BrN3O4S. The van der Waals surface area contributed by atoms with Crippen LogP contribution in [0.4, 0.5) is 11.4 Å². The summed E-state index contributed by atoms with van der Waals surface area (Å²) < 4.78 is 30.5. The number of para-hydroxylation sites is 1. The predicted molar refractivity (Wildman–Crippen MR) is 159 cm³/mol. The number of hydrogen-bond donors (Lipinski definition) is 2. The highest BCUT2D eigenvalue weighted by molar-refractivity contribution is 9.10. The molecule has 2 N–H and O–H groups in total. The normalized spacial score (nSPS) is 16.2. The molecule has 1 aliphatic rings. The average Bonchev–Trinajstić information content (AvgIpc) is 2.86. The maximum atomic E-state index is 13.5. The Labute approximate surface area is 239 Å². The molecule has 2 amide bonds. The van der Waals surface area contributed by atoms with Crippen molar-refractivity contribution in [2.24, 2.45) is 0 Å². The third-order valence-electron chi connectivity index (χ3n) is 6.96. The molecule has 206 valence electrons. The van der Waals surface area contributed by atoms with Crippen molar-refractivity contribution in [3.63, 3.8) is 0 Å². The van der Waals surface area contributed by atoms with Crippen LogP contribution in [-0.2, 0) is 20.2 Å². The number of carbonyl (C=O) groups excluding carboxylic acids is 2. The number of amides is 2. The molecule has 1 saturated heterocycles. The van der Waals surface area contributed by atoms with Gasteiger partial charge in [-0.1, -0.05) is 61.0 Å². The van der Waals surface area contributed by atoms with Gasteiger partial charge < -0.3 is 10.2 Å². The van der Waals surface area contributed by atoms with Gasteiger partial charge in [0, 0.05) is 16.7 Å². The molecule has 7 nitrogen and oxygen atoms in total. The van der Waals surface area contributed by atoms with E-state index in [0.717, 1.165) is 27.7 Å². The lowest BCUT2D eigenvalue weighted by molar-refractivity contribution is -0.121. The van der Waals surface area contributed by atoms with E-state index < -0.39 is 22.0 Å². The number of anilines is 2. The number of nitrogens with one attached hydrogen (secondary N) is 2. The first kappa shape index (κ1) is 28.8. The summed E-state index contributed by atoms with van der Waals surface area (Å²) >= 11 is 3.49. The van der Waals surface area contributed by atoms with E-state index in [9.17, 15) is 18.0 Å². The van der Waals surface area contributed by atoms with Crippen LogP contribution in [0.25, 0.3) is 0 Å². The minimum Gasteiger partial charge on any atom is -0.340 e. The third kappa shape index (κ3) is 6.36. The molecule has 1 aliphatic heterocycles. The number of nitrogens with zero attached hydrogens (tertiary/aromatic N) is 1. The van der Waals surface area contributed by atoms with Gasteiger partial charge >= 0.3 is 0 Å². The molecule has 0 saturated carbocycles. The van der Waals surface area contributed by atoms with Crippen molar-refractivity contribution >= 4 is 49.1 Å². The van der Waals surface area contributed by atoms with Crippen LogP contribution in [0.15, 0.2) is 70.0 Å². The molecule has 0 aliphatic carbocycles. The fourth-order valence-corrected chi connectivity index (χ4v) is 6.22. The number of sulfonamides is 1. The Morgan fingerprint density at radius 1 is 1.00 bits per heavy atom. The molecule has 0 aromatic heterocycles. The van der Waals surface area contributed by atoms with Gasteiger partial charge in [-0.25, -0.2) is 8.42 Å². The molecule has 39 heavy (non-hydrogen) atoms. The number of benzene rings is 3. The Morgan fingerprint density at radius 2 is 1.72 bits per heavy atom. The van der Waals surface area contributed by atoms with Crippen LogP contribution in [0, 0.1) is 13.8 Å².